The summed E-state index contributed by atoms with van der Waals surface area (Å²) in [6.07, 6.45) is 0. The average molecular weight is 273 g/mol. The molecule has 0 spiro atoms. The van der Waals surface area contributed by atoms with Crippen LogP contribution in [0.1, 0.15) is 10.4 Å². The van der Waals surface area contributed by atoms with Gasteiger partial charge in [-0.1, -0.05) is 6.07 Å². The Labute approximate surface area is 112 Å². The first-order chi connectivity index (χ1) is 9.54. The number of nitrogens with zero attached hydrogens (tertiary/aromatic N) is 4. The normalized spacial score (nSPS) is 8.75. The van der Waals surface area contributed by atoms with E-state index in [1.807, 2.05) is 0 Å². The van der Waals surface area contributed by atoms with Gasteiger partial charge in [0.2, 0.25) is 5.71 Å². The lowest BCUT2D eigenvalue weighted by atomic mass is 10.1. The lowest BCUT2D eigenvalue weighted by Gasteiger charge is -2.07. The minimum absolute atomic E-state index is 0.138. The van der Waals surface area contributed by atoms with Crippen molar-refractivity contribution in [2.45, 2.75) is 0 Å². The third-order valence-corrected chi connectivity index (χ3v) is 2.14. The van der Waals surface area contributed by atoms with E-state index >= 15 is 0 Å². The van der Waals surface area contributed by atoms with E-state index < -0.39 is 22.3 Å². The summed E-state index contributed by atoms with van der Waals surface area (Å²) in [5, 5.41) is 31.4. The summed E-state index contributed by atoms with van der Waals surface area (Å²) in [5.74, 6) is -0.818. The van der Waals surface area contributed by atoms with Gasteiger partial charge in [0.25, 0.3) is 5.69 Å². The van der Waals surface area contributed by atoms with E-state index in [1.165, 1.54) is 24.3 Å². The fourth-order valence-electron chi connectivity index (χ4n) is 1.28. The smallest absolute Gasteiger partial charge is 0.340 e. The monoisotopic (exact) mass is 273 g/mol. The predicted octanol–water partition coefficient (Wildman–Crippen LogP) is 1.20. The molecule has 20 heavy (non-hydrogen) atoms. The number of nitro groups is 1. The number of hydrogen-bond acceptors (Lipinski definition) is 8. The minimum atomic E-state index is -0.818. The van der Waals surface area contributed by atoms with E-state index in [0.29, 0.717) is 0 Å². The first-order valence-corrected chi connectivity index (χ1v) is 5.04. The standard InChI is InChI=1S/C11H7N5O4/c1-20-11(17)8-3-2-4-9(16(18)19)10(8)15-14-7(5-12)6-13/h2-4,15H,1H3. The number of ether oxygens (including phenoxy) is 1. The van der Waals surface area contributed by atoms with Gasteiger partial charge < -0.3 is 4.74 Å². The fraction of sp³-hybridized carbons (Fsp3) is 0.0909. The summed E-state index contributed by atoms with van der Waals surface area (Å²) in [5.41, 5.74) is 0.805. The first kappa shape index (κ1) is 14.6. The Kier molecular flexibility index (Phi) is 4.72. The summed E-state index contributed by atoms with van der Waals surface area (Å²) in [6.45, 7) is 0. The van der Waals surface area contributed by atoms with E-state index in [-0.39, 0.29) is 11.3 Å². The third-order valence-electron chi connectivity index (χ3n) is 2.14. The van der Waals surface area contributed by atoms with Crippen LogP contribution in [0.3, 0.4) is 0 Å². The van der Waals surface area contributed by atoms with Gasteiger partial charge in [-0.25, -0.2) is 4.79 Å². The highest BCUT2D eigenvalue weighted by atomic mass is 16.6. The molecule has 0 heterocycles. The van der Waals surface area contributed by atoms with Crippen LogP contribution in [0.2, 0.25) is 0 Å². The zero-order valence-corrected chi connectivity index (χ0v) is 10.2. The Bertz CT molecular complexity index is 652. The number of nitriles is 2. The maximum absolute atomic E-state index is 11.5. The van der Waals surface area contributed by atoms with E-state index in [4.69, 9.17) is 10.5 Å². The Balaban J connectivity index is 3.37. The lowest BCUT2D eigenvalue weighted by Crippen LogP contribution is -2.08. The van der Waals surface area contributed by atoms with Crippen LogP contribution in [0.4, 0.5) is 11.4 Å². The van der Waals surface area contributed by atoms with E-state index in [2.05, 4.69) is 15.3 Å². The number of hydrazone groups is 1. The number of rotatable bonds is 4. The number of nitrogens with one attached hydrogen (secondary N) is 1. The molecule has 0 unspecified atom stereocenters. The molecule has 1 N–H and O–H groups in total. The van der Waals surface area contributed by atoms with Crippen molar-refractivity contribution in [2.75, 3.05) is 12.5 Å². The zero-order valence-electron chi connectivity index (χ0n) is 10.2. The third kappa shape index (κ3) is 3.05. The van der Waals surface area contributed by atoms with Crippen LogP contribution in [0.25, 0.3) is 0 Å². The molecule has 0 saturated carbocycles. The van der Waals surface area contributed by atoms with Crippen LogP contribution in [0.5, 0.6) is 0 Å². The Morgan fingerprint density at radius 1 is 1.45 bits per heavy atom. The van der Waals surface area contributed by atoms with Crippen molar-refractivity contribution in [1.82, 2.24) is 0 Å². The number of anilines is 1. The second-order valence-corrected chi connectivity index (χ2v) is 3.24. The number of nitro benzene ring substituents is 1. The molecule has 0 amide bonds. The Morgan fingerprint density at radius 3 is 2.60 bits per heavy atom. The molecule has 9 heteroatoms. The topological polar surface area (TPSA) is 141 Å². The fourth-order valence-corrected chi connectivity index (χ4v) is 1.28. The zero-order chi connectivity index (χ0) is 15.1. The van der Waals surface area contributed by atoms with Crippen molar-refractivity contribution < 1.29 is 14.5 Å². The number of esters is 1. The number of methoxy groups -OCH3 is 1. The highest BCUT2D eigenvalue weighted by molar-refractivity contribution is 6.10. The molecule has 1 rings (SSSR count). The molecule has 0 aromatic heterocycles. The van der Waals surface area contributed by atoms with Crippen molar-refractivity contribution in [1.29, 1.82) is 10.5 Å². The van der Waals surface area contributed by atoms with Gasteiger partial charge in [0.1, 0.15) is 17.8 Å². The number of carbonyl (C=O) groups excluding carboxylic acids is 1. The molecule has 9 nitrogen and oxygen atoms in total. The van der Waals surface area contributed by atoms with Crippen LogP contribution in [0.15, 0.2) is 23.3 Å². The van der Waals surface area contributed by atoms with Gasteiger partial charge >= 0.3 is 5.97 Å². The Morgan fingerprint density at radius 2 is 2.10 bits per heavy atom. The highest BCUT2D eigenvalue weighted by Crippen LogP contribution is 2.28. The van der Waals surface area contributed by atoms with Gasteiger partial charge in [-0.05, 0) is 6.07 Å². The van der Waals surface area contributed by atoms with Crippen LogP contribution < -0.4 is 5.43 Å². The molecule has 0 bridgehead atoms. The summed E-state index contributed by atoms with van der Waals surface area (Å²) in [4.78, 5) is 21.7. The van der Waals surface area contributed by atoms with Gasteiger partial charge in [-0.3, -0.25) is 15.5 Å². The Hall–Kier alpha value is -3.46. The van der Waals surface area contributed by atoms with Crippen LogP contribution >= 0.6 is 0 Å². The largest absolute Gasteiger partial charge is 0.465 e. The minimum Gasteiger partial charge on any atom is -0.465 e. The van der Waals surface area contributed by atoms with Crippen molar-refractivity contribution >= 4 is 23.1 Å². The first-order valence-electron chi connectivity index (χ1n) is 5.04. The van der Waals surface area contributed by atoms with Gasteiger partial charge in [0.15, 0.2) is 0 Å². The SMILES string of the molecule is COC(=O)c1cccc([N+](=O)[O-])c1NN=C(C#N)C#N. The molecule has 1 aromatic carbocycles. The summed E-state index contributed by atoms with van der Waals surface area (Å²) >= 11 is 0. The number of benzene rings is 1. The van der Waals surface area contributed by atoms with Crippen molar-refractivity contribution in [2.24, 2.45) is 5.10 Å². The molecular weight excluding hydrogens is 266 g/mol. The van der Waals surface area contributed by atoms with E-state index in [0.717, 1.165) is 13.2 Å². The summed E-state index contributed by atoms with van der Waals surface area (Å²) in [6, 6.07) is 6.68. The van der Waals surface area contributed by atoms with Crippen LogP contribution in [0, 0.1) is 32.8 Å². The van der Waals surface area contributed by atoms with Crippen molar-refractivity contribution in [3.8, 4) is 12.1 Å². The van der Waals surface area contributed by atoms with Crippen LogP contribution in [-0.2, 0) is 4.74 Å². The highest BCUT2D eigenvalue weighted by Gasteiger charge is 2.22. The average Bonchev–Trinajstić information content (AvgIpc) is 2.47. The molecular formula is C11H7N5O4. The summed E-state index contributed by atoms with van der Waals surface area (Å²) < 4.78 is 4.49. The molecule has 0 atom stereocenters. The van der Waals surface area contributed by atoms with E-state index in [1.54, 1.807) is 0 Å². The summed E-state index contributed by atoms with van der Waals surface area (Å²) in [7, 11) is 1.12. The molecule has 0 fully saturated rings. The van der Waals surface area contributed by atoms with Crippen molar-refractivity contribution in [3.63, 3.8) is 0 Å². The molecule has 0 aliphatic carbocycles. The van der Waals surface area contributed by atoms with Gasteiger partial charge in [0.05, 0.1) is 17.6 Å². The molecule has 100 valence electrons. The van der Waals surface area contributed by atoms with Crippen LogP contribution in [-0.4, -0.2) is 23.7 Å². The molecule has 0 aliphatic rings. The quantitative estimate of drug-likeness (QED) is 0.375. The maximum Gasteiger partial charge on any atom is 0.340 e. The number of hydrogen-bond donors (Lipinski definition) is 1. The van der Waals surface area contributed by atoms with Crippen molar-refractivity contribution in [3.05, 3.63) is 33.9 Å². The second-order valence-electron chi connectivity index (χ2n) is 3.24. The lowest BCUT2D eigenvalue weighted by molar-refractivity contribution is -0.384. The number of para-hydroxylation sites is 1. The van der Waals surface area contributed by atoms with Gasteiger partial charge in [0, 0.05) is 6.07 Å². The molecule has 0 radical (unpaired) electrons. The molecule has 0 aliphatic heterocycles. The number of carbonyl (C=O) groups is 1. The molecule has 0 saturated heterocycles. The van der Waals surface area contributed by atoms with Gasteiger partial charge in [-0.15, -0.1) is 0 Å². The maximum atomic E-state index is 11.5. The molecule has 1 aromatic rings. The predicted molar refractivity (Wildman–Crippen MR) is 66.7 cm³/mol. The second kappa shape index (κ2) is 6.47. The van der Waals surface area contributed by atoms with Gasteiger partial charge in [-0.2, -0.15) is 15.6 Å². The van der Waals surface area contributed by atoms with E-state index in [9.17, 15) is 14.9 Å².